The Hall–Kier alpha value is -2.62. The lowest BCUT2D eigenvalue weighted by Gasteiger charge is -2.01. The molecule has 88 valence electrons. The molecular formula is C14H9NO3. The van der Waals surface area contributed by atoms with Crippen molar-refractivity contribution in [2.24, 2.45) is 0 Å². The number of fused-ring (bicyclic) bond motifs is 1. The summed E-state index contributed by atoms with van der Waals surface area (Å²) < 4.78 is 5.17. The van der Waals surface area contributed by atoms with E-state index in [9.17, 15) is 4.79 Å². The van der Waals surface area contributed by atoms with Crippen LogP contribution in [-0.4, -0.2) is 16.1 Å². The number of nitrogens with zero attached hydrogens (tertiary/aromatic N) is 1. The average Bonchev–Trinajstić information content (AvgIpc) is 2.87. The van der Waals surface area contributed by atoms with Gasteiger partial charge in [0.2, 0.25) is 0 Å². The van der Waals surface area contributed by atoms with Crippen LogP contribution in [-0.2, 0) is 0 Å². The van der Waals surface area contributed by atoms with Crippen molar-refractivity contribution in [3.05, 3.63) is 54.6 Å². The second-order valence-electron chi connectivity index (χ2n) is 3.90. The third-order valence-electron chi connectivity index (χ3n) is 2.78. The minimum absolute atomic E-state index is 0.0646. The number of aromatic nitrogens is 1. The van der Waals surface area contributed by atoms with Crippen molar-refractivity contribution >= 4 is 16.7 Å². The Bertz CT molecular complexity index is 730. The summed E-state index contributed by atoms with van der Waals surface area (Å²) in [4.78, 5) is 14.7. The minimum Gasteiger partial charge on any atom is -0.476 e. The van der Waals surface area contributed by atoms with Crippen molar-refractivity contribution < 1.29 is 14.3 Å². The van der Waals surface area contributed by atoms with Crippen LogP contribution in [0.25, 0.3) is 22.1 Å². The highest BCUT2D eigenvalue weighted by atomic mass is 16.4. The fraction of sp³-hybridized carbons (Fsp3) is 0. The van der Waals surface area contributed by atoms with Crippen LogP contribution in [0.5, 0.6) is 0 Å². The summed E-state index contributed by atoms with van der Waals surface area (Å²) in [5, 5.41) is 11.1. The van der Waals surface area contributed by atoms with Crippen molar-refractivity contribution in [1.82, 2.24) is 4.98 Å². The molecule has 1 heterocycles. The number of oxazole rings is 1. The quantitative estimate of drug-likeness (QED) is 0.745. The summed E-state index contributed by atoms with van der Waals surface area (Å²) in [5.41, 5.74) is 0.647. The van der Waals surface area contributed by atoms with Gasteiger partial charge in [0.25, 0.3) is 0 Å². The van der Waals surface area contributed by atoms with E-state index in [1.807, 2.05) is 42.5 Å². The number of carbonyl (C=O) groups is 1. The van der Waals surface area contributed by atoms with Crippen LogP contribution in [0.15, 0.2) is 53.3 Å². The van der Waals surface area contributed by atoms with Gasteiger partial charge < -0.3 is 9.52 Å². The van der Waals surface area contributed by atoms with Gasteiger partial charge in [0.15, 0.2) is 17.8 Å². The molecule has 3 rings (SSSR count). The summed E-state index contributed by atoms with van der Waals surface area (Å²) >= 11 is 0. The second kappa shape index (κ2) is 4.00. The first-order valence-electron chi connectivity index (χ1n) is 5.41. The molecule has 0 amide bonds. The zero-order chi connectivity index (χ0) is 12.5. The van der Waals surface area contributed by atoms with Crippen molar-refractivity contribution in [2.45, 2.75) is 0 Å². The van der Waals surface area contributed by atoms with E-state index in [0.29, 0.717) is 5.56 Å². The van der Waals surface area contributed by atoms with Gasteiger partial charge in [0, 0.05) is 5.56 Å². The van der Waals surface area contributed by atoms with Crippen LogP contribution < -0.4 is 0 Å². The summed E-state index contributed by atoms with van der Waals surface area (Å²) in [5.74, 6) is -0.805. The molecule has 0 aliphatic heterocycles. The third-order valence-corrected chi connectivity index (χ3v) is 2.78. The number of aromatic carboxylic acids is 1. The number of hydrogen-bond acceptors (Lipinski definition) is 3. The van der Waals surface area contributed by atoms with Gasteiger partial charge in [-0.2, -0.15) is 0 Å². The Morgan fingerprint density at radius 2 is 1.89 bits per heavy atom. The first-order valence-corrected chi connectivity index (χ1v) is 5.41. The van der Waals surface area contributed by atoms with E-state index < -0.39 is 5.97 Å². The van der Waals surface area contributed by atoms with Crippen molar-refractivity contribution in [3.63, 3.8) is 0 Å². The lowest BCUT2D eigenvalue weighted by Crippen LogP contribution is -1.98. The molecule has 0 bridgehead atoms. The first kappa shape index (κ1) is 10.5. The topological polar surface area (TPSA) is 63.3 Å². The number of carboxylic acids is 1. The molecule has 0 unspecified atom stereocenters. The Kier molecular flexibility index (Phi) is 2.34. The molecule has 4 nitrogen and oxygen atoms in total. The molecular weight excluding hydrogens is 230 g/mol. The smallest absolute Gasteiger partial charge is 0.358 e. The molecule has 0 fully saturated rings. The summed E-state index contributed by atoms with van der Waals surface area (Å²) in [6, 6.07) is 13.5. The van der Waals surface area contributed by atoms with Crippen LogP contribution in [0.2, 0.25) is 0 Å². The van der Waals surface area contributed by atoms with Crippen LogP contribution >= 0.6 is 0 Å². The van der Waals surface area contributed by atoms with Crippen molar-refractivity contribution in [2.75, 3.05) is 0 Å². The maximum Gasteiger partial charge on any atom is 0.358 e. The summed E-state index contributed by atoms with van der Waals surface area (Å²) in [6.45, 7) is 0. The van der Waals surface area contributed by atoms with Crippen molar-refractivity contribution in [1.29, 1.82) is 0 Å². The zero-order valence-electron chi connectivity index (χ0n) is 9.33. The Morgan fingerprint density at radius 3 is 2.67 bits per heavy atom. The van der Waals surface area contributed by atoms with Gasteiger partial charge in [0.05, 0.1) is 0 Å². The lowest BCUT2D eigenvalue weighted by atomic mass is 10.0. The van der Waals surface area contributed by atoms with Crippen LogP contribution in [0.3, 0.4) is 0 Å². The van der Waals surface area contributed by atoms with Gasteiger partial charge in [-0.05, 0) is 16.8 Å². The van der Waals surface area contributed by atoms with E-state index in [1.165, 1.54) is 0 Å². The predicted octanol–water partition coefficient (Wildman–Crippen LogP) is 3.19. The molecule has 0 saturated heterocycles. The van der Waals surface area contributed by atoms with Crippen LogP contribution in [0.1, 0.15) is 10.5 Å². The molecule has 0 spiro atoms. The largest absolute Gasteiger partial charge is 0.476 e. The predicted molar refractivity (Wildman–Crippen MR) is 66.4 cm³/mol. The molecule has 0 aliphatic carbocycles. The Labute approximate surface area is 103 Å². The summed E-state index contributed by atoms with van der Waals surface area (Å²) in [6.07, 6.45) is 1.15. The summed E-state index contributed by atoms with van der Waals surface area (Å²) in [7, 11) is 0. The van der Waals surface area contributed by atoms with E-state index in [2.05, 4.69) is 4.98 Å². The van der Waals surface area contributed by atoms with E-state index in [4.69, 9.17) is 9.52 Å². The molecule has 0 aliphatic rings. The third kappa shape index (κ3) is 1.64. The molecule has 2 aromatic carbocycles. The monoisotopic (exact) mass is 239 g/mol. The van der Waals surface area contributed by atoms with E-state index in [-0.39, 0.29) is 11.5 Å². The van der Waals surface area contributed by atoms with E-state index in [0.717, 1.165) is 17.2 Å². The molecule has 0 atom stereocenters. The number of hydrogen-bond donors (Lipinski definition) is 1. The molecule has 0 saturated carbocycles. The fourth-order valence-corrected chi connectivity index (χ4v) is 1.93. The van der Waals surface area contributed by atoms with Gasteiger partial charge >= 0.3 is 5.97 Å². The molecule has 1 aromatic heterocycles. The maximum absolute atomic E-state index is 11.0. The molecule has 3 aromatic rings. The molecule has 0 radical (unpaired) electrons. The Balaban J connectivity index is 2.19. The second-order valence-corrected chi connectivity index (χ2v) is 3.90. The minimum atomic E-state index is -1.09. The zero-order valence-corrected chi connectivity index (χ0v) is 9.33. The fourth-order valence-electron chi connectivity index (χ4n) is 1.93. The highest BCUT2D eigenvalue weighted by molar-refractivity contribution is 5.94. The number of rotatable bonds is 2. The SMILES string of the molecule is O=C(O)c1ncoc1-c1ccc2ccccc2c1. The van der Waals surface area contributed by atoms with Gasteiger partial charge in [-0.15, -0.1) is 0 Å². The maximum atomic E-state index is 11.0. The standard InChI is InChI=1S/C14H9NO3/c16-14(17)12-13(18-8-15-12)11-6-5-9-3-1-2-4-10(9)7-11/h1-8H,(H,16,17). The number of benzene rings is 2. The normalized spacial score (nSPS) is 10.7. The average molecular weight is 239 g/mol. The Morgan fingerprint density at radius 1 is 1.11 bits per heavy atom. The van der Waals surface area contributed by atoms with Gasteiger partial charge in [-0.3, -0.25) is 0 Å². The lowest BCUT2D eigenvalue weighted by molar-refractivity contribution is 0.0691. The molecule has 1 N–H and O–H groups in total. The van der Waals surface area contributed by atoms with Crippen LogP contribution in [0.4, 0.5) is 0 Å². The van der Waals surface area contributed by atoms with Crippen molar-refractivity contribution in [3.8, 4) is 11.3 Å². The first-order chi connectivity index (χ1) is 8.75. The number of carboxylic acid groups (broad SMARTS) is 1. The van der Waals surface area contributed by atoms with Gasteiger partial charge in [0.1, 0.15) is 0 Å². The highest BCUT2D eigenvalue weighted by Crippen LogP contribution is 2.26. The molecule has 4 heteroatoms. The van der Waals surface area contributed by atoms with E-state index >= 15 is 0 Å². The van der Waals surface area contributed by atoms with Gasteiger partial charge in [-0.25, -0.2) is 9.78 Å². The van der Waals surface area contributed by atoms with Crippen LogP contribution in [0, 0.1) is 0 Å². The van der Waals surface area contributed by atoms with E-state index in [1.54, 1.807) is 0 Å². The highest BCUT2D eigenvalue weighted by Gasteiger charge is 2.17. The molecule has 18 heavy (non-hydrogen) atoms. The van der Waals surface area contributed by atoms with Gasteiger partial charge in [-0.1, -0.05) is 36.4 Å².